The fraction of sp³-hybridized carbons (Fsp3) is 0.467. The molecule has 2 fully saturated rings. The lowest BCUT2D eigenvalue weighted by molar-refractivity contribution is -0.134. The third-order valence-electron chi connectivity index (χ3n) is 4.45. The number of hydrazine groups is 1. The molecule has 4 amide bonds. The molecule has 1 aliphatic heterocycles. The van der Waals surface area contributed by atoms with Crippen molar-refractivity contribution in [2.45, 2.75) is 38.1 Å². The summed E-state index contributed by atoms with van der Waals surface area (Å²) in [5, 5.41) is 3.56. The van der Waals surface area contributed by atoms with Crippen LogP contribution in [0.4, 0.5) is 4.79 Å². The van der Waals surface area contributed by atoms with E-state index in [1.165, 1.54) is 24.5 Å². The van der Waals surface area contributed by atoms with Crippen molar-refractivity contribution in [1.82, 2.24) is 20.7 Å². The zero-order valence-corrected chi connectivity index (χ0v) is 12.3. The molecule has 2 aliphatic rings. The molecule has 0 atom stereocenters. The maximum Gasteiger partial charge on any atom is 0.344 e. The van der Waals surface area contributed by atoms with E-state index in [4.69, 9.17) is 0 Å². The summed E-state index contributed by atoms with van der Waals surface area (Å²) in [6, 6.07) is 2.47. The van der Waals surface area contributed by atoms with Crippen LogP contribution in [0.3, 0.4) is 0 Å². The predicted octanol–water partition coefficient (Wildman–Crippen LogP) is 1.23. The van der Waals surface area contributed by atoms with Gasteiger partial charge in [-0.3, -0.25) is 20.0 Å². The Morgan fingerprint density at radius 3 is 2.59 bits per heavy atom. The number of hydrogen-bond acceptors (Lipinski definition) is 4. The normalized spacial score (nSPS) is 27.9. The summed E-state index contributed by atoms with van der Waals surface area (Å²) in [7, 11) is 0. The second kappa shape index (κ2) is 5.40. The third-order valence-corrected chi connectivity index (χ3v) is 4.45. The van der Waals surface area contributed by atoms with E-state index in [1.54, 1.807) is 0 Å². The Labute approximate surface area is 128 Å². The molecule has 116 valence electrons. The zero-order valence-electron chi connectivity index (χ0n) is 12.3. The number of carbonyl (C=O) groups excluding carboxylic acids is 3. The van der Waals surface area contributed by atoms with Crippen LogP contribution in [0.25, 0.3) is 0 Å². The summed E-state index contributed by atoms with van der Waals surface area (Å²) in [6.45, 7) is 2.14. The van der Waals surface area contributed by atoms with Crippen LogP contribution in [0.1, 0.15) is 43.0 Å². The zero-order chi connectivity index (χ0) is 15.7. The molecule has 1 aliphatic carbocycles. The van der Waals surface area contributed by atoms with Crippen LogP contribution in [-0.4, -0.2) is 33.4 Å². The predicted molar refractivity (Wildman–Crippen MR) is 77.4 cm³/mol. The van der Waals surface area contributed by atoms with Gasteiger partial charge in [0.2, 0.25) is 0 Å². The Bertz CT molecular complexity index is 608. The molecular formula is C15H18N4O3. The summed E-state index contributed by atoms with van der Waals surface area (Å²) in [4.78, 5) is 40.6. The van der Waals surface area contributed by atoms with Crippen molar-refractivity contribution in [2.75, 3.05) is 0 Å². The Morgan fingerprint density at radius 1 is 1.32 bits per heavy atom. The monoisotopic (exact) mass is 302 g/mol. The third kappa shape index (κ3) is 2.43. The van der Waals surface area contributed by atoms with Gasteiger partial charge < -0.3 is 5.32 Å². The minimum Gasteiger partial charge on any atom is -0.322 e. The lowest BCUT2D eigenvalue weighted by atomic mass is 9.77. The number of urea groups is 1. The van der Waals surface area contributed by atoms with Crippen LogP contribution < -0.4 is 10.7 Å². The largest absolute Gasteiger partial charge is 0.344 e. The molecular weight excluding hydrogens is 284 g/mol. The molecule has 2 heterocycles. The molecule has 1 spiro atoms. The van der Waals surface area contributed by atoms with E-state index < -0.39 is 17.5 Å². The summed E-state index contributed by atoms with van der Waals surface area (Å²) in [5.74, 6) is -0.324. The van der Waals surface area contributed by atoms with E-state index in [0.717, 1.165) is 17.9 Å². The molecule has 3 rings (SSSR count). The minimum atomic E-state index is -0.852. The number of pyridine rings is 1. The van der Waals surface area contributed by atoms with Crippen molar-refractivity contribution >= 4 is 17.8 Å². The second-order valence-electron chi connectivity index (χ2n) is 6.01. The Balaban J connectivity index is 1.74. The highest BCUT2D eigenvalue weighted by molar-refractivity contribution is 6.09. The van der Waals surface area contributed by atoms with Crippen molar-refractivity contribution < 1.29 is 14.4 Å². The van der Waals surface area contributed by atoms with Gasteiger partial charge >= 0.3 is 6.03 Å². The van der Waals surface area contributed by atoms with Crippen molar-refractivity contribution in [1.29, 1.82) is 0 Å². The quantitative estimate of drug-likeness (QED) is 0.804. The van der Waals surface area contributed by atoms with Crippen LogP contribution in [-0.2, 0) is 4.79 Å². The van der Waals surface area contributed by atoms with E-state index in [1.807, 2.05) is 0 Å². The standard InChI is InChI=1S/C15H18N4O3/c1-10-2-6-15(7-3-10)13(21)19(14(22)17-15)18-12(20)11-4-8-16-9-5-11/h4-5,8-10H,2-3,6-7H2,1H3,(H,17,22)(H,18,20). The van der Waals surface area contributed by atoms with Crippen LogP contribution in [0.5, 0.6) is 0 Å². The second-order valence-corrected chi connectivity index (χ2v) is 6.01. The lowest BCUT2D eigenvalue weighted by Gasteiger charge is -2.33. The molecule has 0 unspecified atom stereocenters. The number of amides is 4. The fourth-order valence-corrected chi connectivity index (χ4v) is 2.99. The number of aromatic nitrogens is 1. The van der Waals surface area contributed by atoms with Gasteiger partial charge in [0.05, 0.1) is 0 Å². The van der Waals surface area contributed by atoms with Gasteiger partial charge in [-0.05, 0) is 43.7 Å². The van der Waals surface area contributed by atoms with Gasteiger partial charge in [-0.1, -0.05) is 6.92 Å². The van der Waals surface area contributed by atoms with Gasteiger partial charge in [0.1, 0.15) is 5.54 Å². The van der Waals surface area contributed by atoms with E-state index >= 15 is 0 Å². The Kier molecular flexibility index (Phi) is 3.56. The lowest BCUT2D eigenvalue weighted by Crippen LogP contribution is -2.51. The van der Waals surface area contributed by atoms with E-state index in [-0.39, 0.29) is 5.91 Å². The van der Waals surface area contributed by atoms with E-state index in [0.29, 0.717) is 24.3 Å². The molecule has 0 radical (unpaired) electrons. The molecule has 1 saturated carbocycles. The highest BCUT2D eigenvalue weighted by atomic mass is 16.2. The molecule has 2 N–H and O–H groups in total. The van der Waals surface area contributed by atoms with Crippen molar-refractivity contribution in [3.63, 3.8) is 0 Å². The number of rotatable bonds is 2. The molecule has 1 aromatic heterocycles. The average Bonchev–Trinajstić information content (AvgIpc) is 2.76. The van der Waals surface area contributed by atoms with E-state index in [2.05, 4.69) is 22.7 Å². The van der Waals surface area contributed by atoms with Crippen LogP contribution in [0.15, 0.2) is 24.5 Å². The highest BCUT2D eigenvalue weighted by Crippen LogP contribution is 2.35. The highest BCUT2D eigenvalue weighted by Gasteiger charge is 2.52. The molecule has 0 bridgehead atoms. The van der Waals surface area contributed by atoms with Crippen molar-refractivity contribution in [3.8, 4) is 0 Å². The number of imide groups is 1. The molecule has 1 saturated heterocycles. The summed E-state index contributed by atoms with van der Waals surface area (Å²) >= 11 is 0. The van der Waals surface area contributed by atoms with Gasteiger partial charge in [-0.2, -0.15) is 5.01 Å². The SMILES string of the molecule is CC1CCC2(CC1)NC(=O)N(NC(=O)c1ccncc1)C2=O. The van der Waals surface area contributed by atoms with Crippen LogP contribution >= 0.6 is 0 Å². The van der Waals surface area contributed by atoms with Gasteiger partial charge in [-0.15, -0.1) is 0 Å². The first-order valence-corrected chi connectivity index (χ1v) is 7.39. The Morgan fingerprint density at radius 2 is 1.95 bits per heavy atom. The molecule has 22 heavy (non-hydrogen) atoms. The van der Waals surface area contributed by atoms with Gasteiger partial charge in [0.15, 0.2) is 0 Å². The number of nitrogens with one attached hydrogen (secondary N) is 2. The fourth-order valence-electron chi connectivity index (χ4n) is 2.99. The first-order valence-electron chi connectivity index (χ1n) is 7.39. The Hall–Kier alpha value is -2.44. The summed E-state index contributed by atoms with van der Waals surface area (Å²) in [5.41, 5.74) is 1.87. The van der Waals surface area contributed by atoms with Gasteiger partial charge in [-0.25, -0.2) is 4.79 Å². The average molecular weight is 302 g/mol. The van der Waals surface area contributed by atoms with Gasteiger partial charge in [0, 0.05) is 18.0 Å². The topological polar surface area (TPSA) is 91.4 Å². The molecule has 7 nitrogen and oxygen atoms in total. The van der Waals surface area contributed by atoms with Crippen LogP contribution in [0, 0.1) is 5.92 Å². The first-order chi connectivity index (χ1) is 10.5. The smallest absolute Gasteiger partial charge is 0.322 e. The summed E-state index contributed by atoms with van der Waals surface area (Å²) in [6.07, 6.45) is 5.95. The maximum atomic E-state index is 12.6. The number of nitrogens with zero attached hydrogens (tertiary/aromatic N) is 2. The molecule has 7 heteroatoms. The van der Waals surface area contributed by atoms with Crippen molar-refractivity contribution in [2.24, 2.45) is 5.92 Å². The molecule has 0 aromatic carbocycles. The maximum absolute atomic E-state index is 12.6. The first kappa shape index (κ1) is 14.5. The minimum absolute atomic E-state index is 0.341. The van der Waals surface area contributed by atoms with Crippen molar-refractivity contribution in [3.05, 3.63) is 30.1 Å². The van der Waals surface area contributed by atoms with Gasteiger partial charge in [0.25, 0.3) is 11.8 Å². The van der Waals surface area contributed by atoms with Crippen LogP contribution in [0.2, 0.25) is 0 Å². The summed E-state index contributed by atoms with van der Waals surface area (Å²) < 4.78 is 0. The van der Waals surface area contributed by atoms with E-state index in [9.17, 15) is 14.4 Å². The number of hydrogen-bond donors (Lipinski definition) is 2. The number of carbonyl (C=O) groups is 3. The molecule has 1 aromatic rings.